The first-order valence-electron chi connectivity index (χ1n) is 4.98. The van der Waals surface area contributed by atoms with Crippen LogP contribution < -0.4 is 4.74 Å². The number of carboxylic acids is 1. The van der Waals surface area contributed by atoms with Crippen molar-refractivity contribution in [1.29, 1.82) is 0 Å². The molecule has 1 rings (SSSR count). The minimum Gasteiger partial charge on any atom is -0.497 e. The van der Waals surface area contributed by atoms with E-state index in [0.717, 1.165) is 17.4 Å². The van der Waals surface area contributed by atoms with Gasteiger partial charge in [-0.3, -0.25) is 4.79 Å². The number of aldehydes is 1. The van der Waals surface area contributed by atoms with E-state index < -0.39 is 5.97 Å². The van der Waals surface area contributed by atoms with E-state index in [0.29, 0.717) is 18.6 Å². The van der Waals surface area contributed by atoms with Crippen molar-refractivity contribution in [3.8, 4) is 5.75 Å². The highest BCUT2D eigenvalue weighted by Crippen LogP contribution is 2.19. The first kappa shape index (κ1) is 12.2. The average molecular weight is 222 g/mol. The largest absolute Gasteiger partial charge is 0.497 e. The summed E-state index contributed by atoms with van der Waals surface area (Å²) in [5.41, 5.74) is 1.71. The number of aryl methyl sites for hydroxylation is 1. The van der Waals surface area contributed by atoms with Crippen LogP contribution in [0.25, 0.3) is 0 Å². The number of rotatable bonds is 6. The van der Waals surface area contributed by atoms with E-state index in [9.17, 15) is 9.59 Å². The van der Waals surface area contributed by atoms with E-state index >= 15 is 0 Å². The second-order valence-electron chi connectivity index (χ2n) is 3.40. The predicted molar refractivity (Wildman–Crippen MR) is 58.7 cm³/mol. The molecular formula is C12H14O4. The Morgan fingerprint density at radius 3 is 2.75 bits per heavy atom. The van der Waals surface area contributed by atoms with Crippen LogP contribution in [0.2, 0.25) is 0 Å². The molecule has 0 aliphatic rings. The van der Waals surface area contributed by atoms with Crippen LogP contribution in [0.4, 0.5) is 0 Å². The molecule has 0 aromatic heterocycles. The minimum absolute atomic E-state index is 0.0546. The molecular weight excluding hydrogens is 208 g/mol. The molecule has 0 saturated heterocycles. The molecule has 0 heterocycles. The normalized spacial score (nSPS) is 9.81. The maximum Gasteiger partial charge on any atom is 0.303 e. The number of benzene rings is 1. The Hall–Kier alpha value is -1.84. The van der Waals surface area contributed by atoms with Gasteiger partial charge in [-0.15, -0.1) is 0 Å². The van der Waals surface area contributed by atoms with Crippen LogP contribution in [0.15, 0.2) is 18.2 Å². The Balaban J connectivity index is 2.90. The number of methoxy groups -OCH3 is 1. The summed E-state index contributed by atoms with van der Waals surface area (Å²) in [6, 6.07) is 5.34. The van der Waals surface area contributed by atoms with Crippen LogP contribution in [0.3, 0.4) is 0 Å². The minimum atomic E-state index is -0.847. The Morgan fingerprint density at radius 1 is 1.44 bits per heavy atom. The quantitative estimate of drug-likeness (QED) is 0.740. The molecule has 0 aliphatic heterocycles. The lowest BCUT2D eigenvalue weighted by atomic mass is 10.0. The van der Waals surface area contributed by atoms with Gasteiger partial charge in [0, 0.05) is 12.8 Å². The van der Waals surface area contributed by atoms with Gasteiger partial charge in [-0.2, -0.15) is 0 Å². The van der Waals surface area contributed by atoms with Crippen molar-refractivity contribution in [2.75, 3.05) is 7.11 Å². The molecule has 1 aromatic carbocycles. The molecule has 4 nitrogen and oxygen atoms in total. The summed E-state index contributed by atoms with van der Waals surface area (Å²) in [5, 5.41) is 8.62. The van der Waals surface area contributed by atoms with Gasteiger partial charge in [-0.1, -0.05) is 6.07 Å². The highest BCUT2D eigenvalue weighted by molar-refractivity contribution is 5.67. The second-order valence-corrected chi connectivity index (χ2v) is 3.40. The van der Waals surface area contributed by atoms with Gasteiger partial charge in [0.05, 0.1) is 7.11 Å². The molecule has 0 bridgehead atoms. The van der Waals surface area contributed by atoms with Gasteiger partial charge in [0.15, 0.2) is 0 Å². The van der Waals surface area contributed by atoms with Crippen molar-refractivity contribution in [2.45, 2.75) is 19.3 Å². The SMILES string of the molecule is COc1ccc(CC=O)c(CCC(=O)O)c1. The molecule has 1 aromatic rings. The second kappa shape index (κ2) is 5.90. The lowest BCUT2D eigenvalue weighted by Crippen LogP contribution is -2.01. The van der Waals surface area contributed by atoms with E-state index in [-0.39, 0.29) is 6.42 Å². The zero-order chi connectivity index (χ0) is 12.0. The molecule has 0 unspecified atom stereocenters. The maximum absolute atomic E-state index is 10.5. The van der Waals surface area contributed by atoms with E-state index in [4.69, 9.17) is 9.84 Å². The van der Waals surface area contributed by atoms with Gasteiger partial charge < -0.3 is 14.6 Å². The van der Waals surface area contributed by atoms with Crippen molar-refractivity contribution in [1.82, 2.24) is 0 Å². The zero-order valence-electron chi connectivity index (χ0n) is 9.10. The summed E-state index contributed by atoms with van der Waals surface area (Å²) < 4.78 is 5.06. The highest BCUT2D eigenvalue weighted by atomic mass is 16.5. The molecule has 86 valence electrons. The number of hydrogen-bond donors (Lipinski definition) is 1. The van der Waals surface area contributed by atoms with Gasteiger partial charge in [-0.05, 0) is 29.7 Å². The molecule has 0 amide bonds. The average Bonchev–Trinajstić information content (AvgIpc) is 2.28. The van der Waals surface area contributed by atoms with Crippen molar-refractivity contribution in [3.63, 3.8) is 0 Å². The Labute approximate surface area is 93.9 Å². The first-order chi connectivity index (χ1) is 7.67. The van der Waals surface area contributed by atoms with Gasteiger partial charge in [0.1, 0.15) is 12.0 Å². The van der Waals surface area contributed by atoms with E-state index in [1.54, 1.807) is 25.3 Å². The molecule has 0 spiro atoms. The number of aliphatic carboxylic acids is 1. The zero-order valence-corrected chi connectivity index (χ0v) is 9.10. The topological polar surface area (TPSA) is 63.6 Å². The predicted octanol–water partition coefficient (Wildman–Crippen LogP) is 1.45. The van der Waals surface area contributed by atoms with Crippen molar-refractivity contribution >= 4 is 12.3 Å². The summed E-state index contributed by atoms with van der Waals surface area (Å²) in [4.78, 5) is 21.0. The number of carboxylic acid groups (broad SMARTS) is 1. The molecule has 16 heavy (non-hydrogen) atoms. The molecule has 4 heteroatoms. The standard InChI is InChI=1S/C12H14O4/c1-16-11-4-2-9(6-7-13)10(8-11)3-5-12(14)15/h2,4,7-8H,3,5-6H2,1H3,(H,14,15). The smallest absolute Gasteiger partial charge is 0.303 e. The summed E-state index contributed by atoms with van der Waals surface area (Å²) >= 11 is 0. The lowest BCUT2D eigenvalue weighted by molar-refractivity contribution is -0.136. The van der Waals surface area contributed by atoms with Crippen molar-refractivity contribution in [2.24, 2.45) is 0 Å². The first-order valence-corrected chi connectivity index (χ1v) is 4.98. The van der Waals surface area contributed by atoms with Crippen LogP contribution in [0, 0.1) is 0 Å². The fourth-order valence-corrected chi connectivity index (χ4v) is 1.49. The maximum atomic E-state index is 10.5. The summed E-state index contributed by atoms with van der Waals surface area (Å²) in [6.45, 7) is 0. The number of carbonyl (C=O) groups is 2. The van der Waals surface area contributed by atoms with E-state index in [1.807, 2.05) is 0 Å². The monoisotopic (exact) mass is 222 g/mol. The van der Waals surface area contributed by atoms with Crippen LogP contribution in [-0.4, -0.2) is 24.5 Å². The number of carbonyl (C=O) groups excluding carboxylic acids is 1. The molecule has 0 saturated carbocycles. The third-order valence-corrected chi connectivity index (χ3v) is 2.32. The Kier molecular flexibility index (Phi) is 4.51. The fraction of sp³-hybridized carbons (Fsp3) is 0.333. The van der Waals surface area contributed by atoms with Gasteiger partial charge in [0.25, 0.3) is 0 Å². The van der Waals surface area contributed by atoms with Crippen LogP contribution in [0.1, 0.15) is 17.5 Å². The molecule has 0 radical (unpaired) electrons. The van der Waals surface area contributed by atoms with Gasteiger partial charge >= 0.3 is 5.97 Å². The van der Waals surface area contributed by atoms with Crippen LogP contribution in [-0.2, 0) is 22.4 Å². The third kappa shape index (κ3) is 3.38. The van der Waals surface area contributed by atoms with Crippen molar-refractivity contribution in [3.05, 3.63) is 29.3 Å². The van der Waals surface area contributed by atoms with Crippen molar-refractivity contribution < 1.29 is 19.4 Å². The molecule has 0 atom stereocenters. The summed E-state index contributed by atoms with van der Waals surface area (Å²) in [5.74, 6) is -0.171. The summed E-state index contributed by atoms with van der Waals surface area (Å²) in [7, 11) is 1.55. The van der Waals surface area contributed by atoms with Gasteiger partial charge in [0.2, 0.25) is 0 Å². The molecule has 0 fully saturated rings. The fourth-order valence-electron chi connectivity index (χ4n) is 1.49. The molecule has 1 N–H and O–H groups in total. The van der Waals surface area contributed by atoms with E-state index in [1.165, 1.54) is 0 Å². The Bertz CT molecular complexity index is 385. The van der Waals surface area contributed by atoms with Crippen LogP contribution >= 0.6 is 0 Å². The van der Waals surface area contributed by atoms with Gasteiger partial charge in [-0.25, -0.2) is 0 Å². The third-order valence-electron chi connectivity index (χ3n) is 2.32. The summed E-state index contributed by atoms with van der Waals surface area (Å²) in [6.07, 6.45) is 1.58. The molecule has 0 aliphatic carbocycles. The van der Waals surface area contributed by atoms with E-state index in [2.05, 4.69) is 0 Å². The number of ether oxygens (including phenoxy) is 1. The Morgan fingerprint density at radius 2 is 2.19 bits per heavy atom. The lowest BCUT2D eigenvalue weighted by Gasteiger charge is -2.08. The number of hydrogen-bond acceptors (Lipinski definition) is 3. The highest BCUT2D eigenvalue weighted by Gasteiger charge is 2.06. The van der Waals surface area contributed by atoms with Crippen LogP contribution in [0.5, 0.6) is 5.75 Å².